The van der Waals surface area contributed by atoms with Crippen molar-refractivity contribution in [1.82, 2.24) is 5.32 Å². The van der Waals surface area contributed by atoms with Crippen LogP contribution >= 0.6 is 0 Å². The molecule has 3 N–H and O–H groups in total. The molecule has 5 nitrogen and oxygen atoms in total. The quantitative estimate of drug-likeness (QED) is 0.543. The molecule has 2 aliphatic heterocycles. The van der Waals surface area contributed by atoms with E-state index in [0.717, 1.165) is 0 Å². The molecule has 2 rings (SSSR count). The lowest BCUT2D eigenvalue weighted by atomic mass is 10.0. The van der Waals surface area contributed by atoms with Crippen LogP contribution in [0.4, 0.5) is 4.79 Å². The molecular weight excluding hydrogens is 160 g/mol. The summed E-state index contributed by atoms with van der Waals surface area (Å²) < 4.78 is 10.4. The van der Waals surface area contributed by atoms with Gasteiger partial charge in [0.05, 0.1) is 18.8 Å². The first-order valence-corrected chi connectivity index (χ1v) is 4.08. The van der Waals surface area contributed by atoms with Crippen LogP contribution in [0.5, 0.6) is 0 Å². The second-order valence-electron chi connectivity index (χ2n) is 3.12. The van der Waals surface area contributed by atoms with Gasteiger partial charge in [-0.3, -0.25) is 0 Å². The van der Waals surface area contributed by atoms with E-state index in [4.69, 9.17) is 15.2 Å². The molecule has 12 heavy (non-hydrogen) atoms. The normalized spacial score (nSPS) is 40.1. The van der Waals surface area contributed by atoms with Crippen LogP contribution in [0.25, 0.3) is 0 Å². The summed E-state index contributed by atoms with van der Waals surface area (Å²) in [5.74, 6) is 0. The number of amides is 1. The molecule has 2 heterocycles. The molecule has 0 bridgehead atoms. The van der Waals surface area contributed by atoms with Crippen LogP contribution < -0.4 is 11.1 Å². The van der Waals surface area contributed by atoms with Gasteiger partial charge in [-0.25, -0.2) is 4.79 Å². The summed E-state index contributed by atoms with van der Waals surface area (Å²) in [6.45, 7) is 0.999. The number of carbonyl (C=O) groups excluding carboxylic acids is 1. The van der Waals surface area contributed by atoms with Gasteiger partial charge in [0.25, 0.3) is 0 Å². The second kappa shape index (κ2) is 2.91. The van der Waals surface area contributed by atoms with Gasteiger partial charge in [-0.15, -0.1) is 0 Å². The fourth-order valence-electron chi connectivity index (χ4n) is 1.59. The third kappa shape index (κ3) is 1.25. The maximum absolute atomic E-state index is 10.8. The zero-order chi connectivity index (χ0) is 8.55. The van der Waals surface area contributed by atoms with Crippen molar-refractivity contribution in [2.24, 2.45) is 5.73 Å². The summed E-state index contributed by atoms with van der Waals surface area (Å²) >= 11 is 0. The maximum atomic E-state index is 10.8. The molecule has 0 saturated carbocycles. The molecule has 2 saturated heterocycles. The molecule has 3 atom stereocenters. The van der Waals surface area contributed by atoms with Crippen LogP contribution in [0.15, 0.2) is 0 Å². The van der Waals surface area contributed by atoms with Gasteiger partial charge in [0.15, 0.2) is 0 Å². The number of carbonyl (C=O) groups is 1. The predicted molar refractivity (Wildman–Crippen MR) is 40.6 cm³/mol. The Morgan fingerprint density at radius 2 is 2.50 bits per heavy atom. The first kappa shape index (κ1) is 7.82. The van der Waals surface area contributed by atoms with E-state index in [2.05, 4.69) is 5.32 Å². The zero-order valence-corrected chi connectivity index (χ0v) is 6.66. The number of hydrogen-bond donors (Lipinski definition) is 2. The summed E-state index contributed by atoms with van der Waals surface area (Å²) in [6, 6.07) is 0.0281. The molecule has 5 heteroatoms. The Hall–Kier alpha value is -0.810. The average molecular weight is 172 g/mol. The number of rotatable bonds is 1. The number of ether oxygens (including phenoxy) is 2. The Morgan fingerprint density at radius 1 is 1.67 bits per heavy atom. The highest BCUT2D eigenvalue weighted by molar-refractivity contribution is 5.70. The second-order valence-corrected chi connectivity index (χ2v) is 3.12. The third-order valence-electron chi connectivity index (χ3n) is 2.28. The van der Waals surface area contributed by atoms with Crippen molar-refractivity contribution in [2.45, 2.75) is 24.7 Å². The van der Waals surface area contributed by atoms with Crippen molar-refractivity contribution in [3.63, 3.8) is 0 Å². The number of nitrogens with one attached hydrogen (secondary N) is 1. The summed E-state index contributed by atoms with van der Waals surface area (Å²) in [5.41, 5.74) is 5.43. The molecule has 0 radical (unpaired) electrons. The molecule has 0 aromatic rings. The highest BCUT2D eigenvalue weighted by atomic mass is 16.6. The van der Waals surface area contributed by atoms with E-state index < -0.39 is 0 Å². The Labute approximate surface area is 70.2 Å². The molecule has 3 unspecified atom stereocenters. The third-order valence-corrected chi connectivity index (χ3v) is 2.28. The molecule has 0 spiro atoms. The van der Waals surface area contributed by atoms with E-state index in [1.807, 2.05) is 0 Å². The van der Waals surface area contributed by atoms with Crippen LogP contribution in [-0.2, 0) is 9.47 Å². The Morgan fingerprint density at radius 3 is 3.25 bits per heavy atom. The van der Waals surface area contributed by atoms with Gasteiger partial charge in [-0.05, 0) is 0 Å². The van der Waals surface area contributed by atoms with E-state index in [0.29, 0.717) is 19.6 Å². The SMILES string of the molecule is NCC1CC2OC(=O)NC2CO1. The minimum absolute atomic E-state index is 0.0281. The van der Waals surface area contributed by atoms with Crippen LogP contribution in [0.2, 0.25) is 0 Å². The minimum Gasteiger partial charge on any atom is -0.444 e. The molecule has 0 aromatic heterocycles. The lowest BCUT2D eigenvalue weighted by Crippen LogP contribution is -2.46. The van der Waals surface area contributed by atoms with Crippen molar-refractivity contribution in [2.75, 3.05) is 13.2 Å². The molecule has 2 aliphatic rings. The van der Waals surface area contributed by atoms with Crippen LogP contribution in [0.3, 0.4) is 0 Å². The number of nitrogens with two attached hydrogens (primary N) is 1. The summed E-state index contributed by atoms with van der Waals surface area (Å²) in [5, 5.41) is 2.67. The molecule has 2 fully saturated rings. The molecular formula is C7H12N2O3. The van der Waals surface area contributed by atoms with Crippen molar-refractivity contribution in [1.29, 1.82) is 0 Å². The van der Waals surface area contributed by atoms with Crippen LogP contribution in [-0.4, -0.2) is 37.5 Å². The summed E-state index contributed by atoms with van der Waals surface area (Å²) in [7, 11) is 0. The van der Waals surface area contributed by atoms with Crippen molar-refractivity contribution >= 4 is 6.09 Å². The lowest BCUT2D eigenvalue weighted by molar-refractivity contribution is -0.0366. The number of alkyl carbamates (subject to hydrolysis) is 1. The standard InChI is InChI=1S/C7H12N2O3/c8-2-4-1-6-5(3-11-4)9-7(10)12-6/h4-6H,1-3,8H2,(H,9,10). The van der Waals surface area contributed by atoms with E-state index >= 15 is 0 Å². The topological polar surface area (TPSA) is 73.6 Å². The maximum Gasteiger partial charge on any atom is 0.407 e. The fourth-order valence-corrected chi connectivity index (χ4v) is 1.59. The van der Waals surface area contributed by atoms with Crippen molar-refractivity contribution < 1.29 is 14.3 Å². The van der Waals surface area contributed by atoms with Crippen LogP contribution in [0.1, 0.15) is 6.42 Å². The van der Waals surface area contributed by atoms with Crippen molar-refractivity contribution in [3.05, 3.63) is 0 Å². The Kier molecular flexibility index (Phi) is 1.90. The van der Waals surface area contributed by atoms with E-state index in [9.17, 15) is 4.79 Å². The Bertz CT molecular complexity index is 197. The number of hydrogen-bond acceptors (Lipinski definition) is 4. The van der Waals surface area contributed by atoms with Gasteiger partial charge in [0.1, 0.15) is 6.10 Å². The first-order chi connectivity index (χ1) is 5.79. The average Bonchev–Trinajstić information content (AvgIpc) is 2.43. The monoisotopic (exact) mass is 172 g/mol. The van der Waals surface area contributed by atoms with Gasteiger partial charge in [0, 0.05) is 13.0 Å². The molecule has 1 amide bonds. The molecule has 0 aromatic carbocycles. The molecule has 0 aliphatic carbocycles. The van der Waals surface area contributed by atoms with Crippen LogP contribution in [0, 0.1) is 0 Å². The van der Waals surface area contributed by atoms with E-state index in [-0.39, 0.29) is 24.3 Å². The van der Waals surface area contributed by atoms with E-state index in [1.54, 1.807) is 0 Å². The lowest BCUT2D eigenvalue weighted by Gasteiger charge is -2.28. The molecule has 68 valence electrons. The first-order valence-electron chi connectivity index (χ1n) is 4.08. The predicted octanol–water partition coefficient (Wildman–Crippen LogP) is -0.789. The highest BCUT2D eigenvalue weighted by Gasteiger charge is 2.39. The van der Waals surface area contributed by atoms with Gasteiger partial charge < -0.3 is 20.5 Å². The summed E-state index contributed by atoms with van der Waals surface area (Å²) in [6.07, 6.45) is 0.366. The van der Waals surface area contributed by atoms with Crippen molar-refractivity contribution in [3.8, 4) is 0 Å². The Balaban J connectivity index is 1.97. The van der Waals surface area contributed by atoms with E-state index in [1.165, 1.54) is 0 Å². The van der Waals surface area contributed by atoms with Gasteiger partial charge in [-0.2, -0.15) is 0 Å². The fraction of sp³-hybridized carbons (Fsp3) is 0.857. The largest absolute Gasteiger partial charge is 0.444 e. The number of fused-ring (bicyclic) bond motifs is 1. The van der Waals surface area contributed by atoms with Gasteiger partial charge in [0.2, 0.25) is 0 Å². The minimum atomic E-state index is -0.341. The zero-order valence-electron chi connectivity index (χ0n) is 6.66. The highest BCUT2D eigenvalue weighted by Crippen LogP contribution is 2.21. The van der Waals surface area contributed by atoms with Gasteiger partial charge in [-0.1, -0.05) is 0 Å². The summed E-state index contributed by atoms with van der Waals surface area (Å²) in [4.78, 5) is 10.8. The van der Waals surface area contributed by atoms with Gasteiger partial charge >= 0.3 is 6.09 Å². The smallest absolute Gasteiger partial charge is 0.407 e.